The number of nitrogens with one attached hydrogen (secondary N) is 1. The van der Waals surface area contributed by atoms with Gasteiger partial charge in [0.2, 0.25) is 0 Å². The molecule has 0 atom stereocenters. The molecule has 2 aromatic carbocycles. The molecule has 0 saturated carbocycles. The van der Waals surface area contributed by atoms with E-state index in [4.69, 9.17) is 0 Å². The first-order chi connectivity index (χ1) is 18.2. The molecule has 0 amide bonds. The molecule has 0 saturated heterocycles. The van der Waals surface area contributed by atoms with Crippen LogP contribution in [-0.4, -0.2) is 11.7 Å². The lowest BCUT2D eigenvalue weighted by molar-refractivity contribution is 0.0649. The maximum atomic E-state index is 13.3. The molecule has 220 valence electrons. The van der Waals surface area contributed by atoms with E-state index in [0.29, 0.717) is 6.54 Å². The monoisotopic (exact) mass is 543 g/mol. The number of halogens is 2. The highest BCUT2D eigenvalue weighted by Crippen LogP contribution is 2.27. The van der Waals surface area contributed by atoms with Crippen LogP contribution in [0.3, 0.4) is 0 Å². The molecule has 2 nitrogen and oxygen atoms in total. The largest absolute Gasteiger partial charge is 0.381 e. The Labute approximate surface area is 239 Å². The second-order valence-electron chi connectivity index (χ2n) is 8.45. The van der Waals surface area contributed by atoms with Gasteiger partial charge in [0.1, 0.15) is 0 Å². The van der Waals surface area contributed by atoms with Crippen LogP contribution in [0, 0.1) is 13.8 Å². The zero-order valence-corrected chi connectivity index (χ0v) is 26.8. The van der Waals surface area contributed by atoms with Gasteiger partial charge in [0, 0.05) is 30.3 Å². The van der Waals surface area contributed by atoms with E-state index in [2.05, 4.69) is 25.1 Å². The Morgan fingerprint density at radius 2 is 1.33 bits per heavy atom. The summed E-state index contributed by atoms with van der Waals surface area (Å²) in [4.78, 5) is 10.8. The van der Waals surface area contributed by atoms with E-state index in [1.165, 1.54) is 17.2 Å². The number of rotatable bonds is 6. The van der Waals surface area contributed by atoms with Crippen molar-refractivity contribution in [2.24, 2.45) is 0 Å². The summed E-state index contributed by atoms with van der Waals surface area (Å²) in [5, 5.41) is 2.94. The van der Waals surface area contributed by atoms with Crippen LogP contribution in [0.1, 0.15) is 96.3 Å². The summed E-state index contributed by atoms with van der Waals surface area (Å²) < 4.78 is 26.5. The van der Waals surface area contributed by atoms with Gasteiger partial charge in [-0.2, -0.15) is 0 Å². The zero-order valence-electron chi connectivity index (χ0n) is 26.8. The topological polar surface area (TPSA) is 29.1 Å². The molecule has 0 heterocycles. The van der Waals surface area contributed by atoms with Gasteiger partial charge in [0.05, 0.1) is 0 Å². The van der Waals surface area contributed by atoms with Gasteiger partial charge < -0.3 is 5.32 Å². The Balaban J connectivity index is -0.000000245. The van der Waals surface area contributed by atoms with Gasteiger partial charge in [-0.15, -0.1) is 13.2 Å². The quantitative estimate of drug-likeness (QED) is 0.223. The molecule has 0 bridgehead atoms. The van der Waals surface area contributed by atoms with E-state index in [-0.39, 0.29) is 17.1 Å². The van der Waals surface area contributed by atoms with Crippen LogP contribution in [0.2, 0.25) is 0 Å². The number of aryl methyl sites for hydroxylation is 2. The summed E-state index contributed by atoms with van der Waals surface area (Å²) in [6.45, 7) is 33.0. The number of hydrogen-bond donors (Lipinski definition) is 1. The first-order valence-electron chi connectivity index (χ1n) is 13.5. The SMILES string of the molecule is C=C(C)C.C=C(NCc1cccc(C)c1)/C(=C\C)C(C)(F)F.C=CC.CC.CC.CC(=O)c1ccc(C)cc1. The van der Waals surface area contributed by atoms with Crippen LogP contribution in [-0.2, 0) is 6.54 Å². The summed E-state index contributed by atoms with van der Waals surface area (Å²) in [6, 6.07) is 15.5. The second kappa shape index (κ2) is 26.3. The molecule has 2 rings (SSSR count). The van der Waals surface area contributed by atoms with Gasteiger partial charge in [-0.1, -0.05) is 112 Å². The number of benzene rings is 2. The lowest BCUT2D eigenvalue weighted by Crippen LogP contribution is -2.23. The molecular weight excluding hydrogens is 488 g/mol. The van der Waals surface area contributed by atoms with Crippen molar-refractivity contribution in [1.82, 2.24) is 5.32 Å². The van der Waals surface area contributed by atoms with Gasteiger partial charge in [-0.05, 0) is 54.0 Å². The molecule has 1 N–H and O–H groups in total. The van der Waals surface area contributed by atoms with Crippen molar-refractivity contribution in [2.75, 3.05) is 0 Å². The van der Waals surface area contributed by atoms with E-state index in [9.17, 15) is 13.6 Å². The van der Waals surface area contributed by atoms with E-state index >= 15 is 0 Å². The Morgan fingerprint density at radius 1 is 0.897 bits per heavy atom. The fourth-order valence-electron chi connectivity index (χ4n) is 2.61. The maximum Gasteiger partial charge on any atom is 0.272 e. The van der Waals surface area contributed by atoms with Gasteiger partial charge in [0.25, 0.3) is 5.92 Å². The molecule has 0 aliphatic heterocycles. The predicted molar refractivity (Wildman–Crippen MR) is 172 cm³/mol. The van der Waals surface area contributed by atoms with Crippen LogP contribution in [0.5, 0.6) is 0 Å². The smallest absolute Gasteiger partial charge is 0.272 e. The fourth-order valence-corrected chi connectivity index (χ4v) is 2.61. The van der Waals surface area contributed by atoms with Crippen molar-refractivity contribution < 1.29 is 13.6 Å². The number of hydrogen-bond acceptors (Lipinski definition) is 2. The minimum atomic E-state index is -2.87. The van der Waals surface area contributed by atoms with Crippen LogP contribution < -0.4 is 5.32 Å². The van der Waals surface area contributed by atoms with Crippen molar-refractivity contribution in [3.8, 4) is 0 Å². The average Bonchev–Trinajstić information content (AvgIpc) is 2.86. The van der Waals surface area contributed by atoms with Crippen molar-refractivity contribution in [1.29, 1.82) is 0 Å². The van der Waals surface area contributed by atoms with E-state index < -0.39 is 5.92 Å². The van der Waals surface area contributed by atoms with Gasteiger partial charge in [-0.3, -0.25) is 4.79 Å². The summed E-state index contributed by atoms with van der Waals surface area (Å²) in [7, 11) is 0. The normalized spacial score (nSPS) is 9.44. The number of Topliss-reactive ketones (excluding diaryl/α,β-unsaturated/α-hetero) is 1. The van der Waals surface area contributed by atoms with Gasteiger partial charge >= 0.3 is 0 Å². The average molecular weight is 544 g/mol. The zero-order chi connectivity index (χ0) is 31.6. The lowest BCUT2D eigenvalue weighted by atomic mass is 10.1. The molecule has 0 fully saturated rings. The highest BCUT2D eigenvalue weighted by Gasteiger charge is 2.28. The molecule has 0 unspecified atom stereocenters. The highest BCUT2D eigenvalue weighted by atomic mass is 19.3. The van der Waals surface area contributed by atoms with E-state index in [1.54, 1.807) is 19.9 Å². The second-order valence-corrected chi connectivity index (χ2v) is 8.45. The molecule has 2 aromatic rings. The number of ketones is 1. The molecule has 0 spiro atoms. The first-order valence-corrected chi connectivity index (χ1v) is 13.5. The number of carbonyl (C=O) groups is 1. The Hall–Kier alpha value is -3.27. The lowest BCUT2D eigenvalue weighted by Gasteiger charge is -2.18. The van der Waals surface area contributed by atoms with Crippen molar-refractivity contribution in [3.05, 3.63) is 120 Å². The van der Waals surface area contributed by atoms with Gasteiger partial charge in [-0.25, -0.2) is 8.78 Å². The van der Waals surface area contributed by atoms with Crippen molar-refractivity contribution in [3.63, 3.8) is 0 Å². The van der Waals surface area contributed by atoms with Crippen LogP contribution in [0.15, 0.2) is 97.3 Å². The van der Waals surface area contributed by atoms with E-state index in [1.807, 2.05) is 111 Å². The fraction of sp³-hybridized carbons (Fsp3) is 0.400. The minimum absolute atomic E-state index is 0.0600. The standard InChI is InChI=1S/C15H19F2N.C9H10O.C4H8.C3H6.2C2H6/c1-5-14(15(4,16)17)12(3)18-10-13-8-6-7-11(2)9-13;1-7-3-5-9(6-4-7)8(2)10;1-4(2)3;1-3-2;2*1-2/h5-9,18H,3,10H2,1-2,4H3;3-6H,1-2H3;1H2,2-3H3;3H,1H2,2H3;2*1-2H3/b14-5+;;;;;. The number of allylic oxidation sites excluding steroid dienone is 4. The summed E-state index contributed by atoms with van der Waals surface area (Å²) in [5.41, 5.74) is 5.54. The van der Waals surface area contributed by atoms with Gasteiger partial charge in [0.15, 0.2) is 5.78 Å². The molecule has 4 heteroatoms. The summed E-state index contributed by atoms with van der Waals surface area (Å²) in [6.07, 6.45) is 3.14. The van der Waals surface area contributed by atoms with Crippen molar-refractivity contribution in [2.45, 2.75) is 95.6 Å². The molecular formula is C35H55F2NO. The third-order valence-corrected chi connectivity index (χ3v) is 4.13. The van der Waals surface area contributed by atoms with E-state index in [0.717, 1.165) is 23.6 Å². The Kier molecular flexibility index (Phi) is 28.9. The van der Waals surface area contributed by atoms with Crippen LogP contribution in [0.4, 0.5) is 8.78 Å². The maximum absolute atomic E-state index is 13.3. The Morgan fingerprint density at radius 3 is 1.67 bits per heavy atom. The molecule has 0 aliphatic rings. The summed E-state index contributed by atoms with van der Waals surface area (Å²) in [5.74, 6) is -2.74. The molecule has 0 radical (unpaired) electrons. The highest BCUT2D eigenvalue weighted by molar-refractivity contribution is 5.93. The molecule has 0 aromatic heterocycles. The third-order valence-electron chi connectivity index (χ3n) is 4.13. The summed E-state index contributed by atoms with van der Waals surface area (Å²) >= 11 is 0. The molecule has 0 aliphatic carbocycles. The Bertz CT molecular complexity index is 961. The van der Waals surface area contributed by atoms with Crippen molar-refractivity contribution >= 4 is 5.78 Å². The first kappa shape index (κ1) is 42.8. The van der Waals surface area contributed by atoms with Crippen LogP contribution >= 0.6 is 0 Å². The predicted octanol–water partition coefficient (Wildman–Crippen LogP) is 11.2. The molecule has 39 heavy (non-hydrogen) atoms. The van der Waals surface area contributed by atoms with Crippen LogP contribution in [0.25, 0.3) is 0 Å². The third kappa shape index (κ3) is 26.1. The minimum Gasteiger partial charge on any atom is -0.381 e. The number of carbonyl (C=O) groups excluding carboxylic acids is 1. The number of alkyl halides is 2.